The van der Waals surface area contributed by atoms with Gasteiger partial charge in [0, 0.05) is 4.47 Å². The van der Waals surface area contributed by atoms with Gasteiger partial charge in [-0.1, -0.05) is 70.5 Å². The van der Waals surface area contributed by atoms with Gasteiger partial charge in [0.1, 0.15) is 11.5 Å². The summed E-state index contributed by atoms with van der Waals surface area (Å²) >= 11 is 3.45. The Balaban J connectivity index is 1.65. The van der Waals surface area contributed by atoms with E-state index in [0.717, 1.165) is 15.6 Å². The molecule has 6 nitrogen and oxygen atoms in total. The number of aryl methyl sites for hydroxylation is 1. The lowest BCUT2D eigenvalue weighted by molar-refractivity contribution is -0.120. The third-order valence-electron chi connectivity index (χ3n) is 5.79. The summed E-state index contributed by atoms with van der Waals surface area (Å²) in [5, 5.41) is 2.91. The van der Waals surface area contributed by atoms with Crippen molar-refractivity contribution in [3.63, 3.8) is 0 Å². The van der Waals surface area contributed by atoms with Gasteiger partial charge in [-0.2, -0.15) is 0 Å². The average Bonchev–Trinajstić information content (AvgIpc) is 2.92. The normalized spacial score (nSPS) is 10.5. The van der Waals surface area contributed by atoms with Crippen molar-refractivity contribution in [3.05, 3.63) is 118 Å². The smallest absolute Gasteiger partial charge is 0.265 e. The summed E-state index contributed by atoms with van der Waals surface area (Å²) in [4.78, 5) is 28.6. The van der Waals surface area contributed by atoms with Gasteiger partial charge in [0.25, 0.3) is 11.8 Å². The Morgan fingerprint density at radius 2 is 1.49 bits per heavy atom. The lowest BCUT2D eigenvalue weighted by atomic mass is 10.1. The fourth-order valence-corrected chi connectivity index (χ4v) is 4.12. The predicted molar refractivity (Wildman–Crippen MR) is 149 cm³/mol. The van der Waals surface area contributed by atoms with Crippen molar-refractivity contribution in [3.8, 4) is 11.5 Å². The number of para-hydroxylation sites is 4. The molecule has 0 heterocycles. The molecule has 0 spiro atoms. The number of benzene rings is 4. The van der Waals surface area contributed by atoms with Gasteiger partial charge in [-0.3, -0.25) is 9.59 Å². The quantitative estimate of drug-likeness (QED) is 0.250. The molecule has 0 radical (unpaired) electrons. The Hall–Kier alpha value is -4.10. The van der Waals surface area contributed by atoms with Crippen molar-refractivity contribution in [2.24, 2.45) is 0 Å². The predicted octanol–water partition coefficient (Wildman–Crippen LogP) is 6.63. The van der Waals surface area contributed by atoms with Crippen molar-refractivity contribution in [2.75, 3.05) is 23.9 Å². The minimum absolute atomic E-state index is 0.177. The van der Waals surface area contributed by atoms with Gasteiger partial charge in [0.2, 0.25) is 0 Å². The molecule has 2 amide bonds. The number of carbonyl (C=O) groups is 2. The van der Waals surface area contributed by atoms with Crippen LogP contribution in [0.4, 0.5) is 11.4 Å². The summed E-state index contributed by atoms with van der Waals surface area (Å²) in [6.07, 6.45) is 0. The molecule has 4 aromatic carbocycles. The Labute approximate surface area is 225 Å². The van der Waals surface area contributed by atoms with Gasteiger partial charge in [0.05, 0.1) is 30.6 Å². The first-order chi connectivity index (χ1) is 18.0. The molecular weight excluding hydrogens is 532 g/mol. The van der Waals surface area contributed by atoms with E-state index in [1.165, 1.54) is 0 Å². The summed E-state index contributed by atoms with van der Waals surface area (Å²) in [5.41, 5.74) is 3.23. The number of halogens is 1. The van der Waals surface area contributed by atoms with Crippen LogP contribution in [0.3, 0.4) is 0 Å². The van der Waals surface area contributed by atoms with E-state index in [9.17, 15) is 9.59 Å². The van der Waals surface area contributed by atoms with Crippen LogP contribution in [-0.4, -0.2) is 25.5 Å². The number of rotatable bonds is 9. The Kier molecular flexibility index (Phi) is 8.59. The molecule has 0 fully saturated rings. The molecule has 7 heteroatoms. The average molecular weight is 559 g/mol. The third-order valence-corrected chi connectivity index (χ3v) is 6.32. The monoisotopic (exact) mass is 558 g/mol. The molecule has 0 aliphatic rings. The van der Waals surface area contributed by atoms with Gasteiger partial charge in [-0.15, -0.1) is 0 Å². The molecule has 0 aliphatic carbocycles. The molecule has 0 aromatic heterocycles. The first kappa shape index (κ1) is 26.0. The highest BCUT2D eigenvalue weighted by Crippen LogP contribution is 2.28. The number of hydrogen-bond acceptors (Lipinski definition) is 4. The number of amides is 2. The minimum atomic E-state index is -0.353. The molecule has 37 heavy (non-hydrogen) atoms. The molecule has 0 atom stereocenters. The van der Waals surface area contributed by atoms with E-state index < -0.39 is 0 Å². The van der Waals surface area contributed by atoms with Gasteiger partial charge in [0.15, 0.2) is 6.61 Å². The molecule has 0 aliphatic heterocycles. The van der Waals surface area contributed by atoms with Crippen LogP contribution in [0.15, 0.2) is 102 Å². The fraction of sp³-hybridized carbons (Fsp3) is 0.133. The molecule has 0 bridgehead atoms. The van der Waals surface area contributed by atoms with Crippen LogP contribution >= 0.6 is 15.9 Å². The van der Waals surface area contributed by atoms with Gasteiger partial charge in [-0.05, 0) is 60.5 Å². The summed E-state index contributed by atoms with van der Waals surface area (Å²) in [5.74, 6) is 0.557. The second-order valence-electron chi connectivity index (χ2n) is 8.33. The molecule has 0 unspecified atom stereocenters. The topological polar surface area (TPSA) is 67.9 Å². The summed E-state index contributed by atoms with van der Waals surface area (Å²) < 4.78 is 12.2. The number of anilines is 2. The highest BCUT2D eigenvalue weighted by atomic mass is 79.9. The van der Waals surface area contributed by atoms with Gasteiger partial charge >= 0.3 is 0 Å². The summed E-state index contributed by atoms with van der Waals surface area (Å²) in [6.45, 7) is 2.02. The maximum Gasteiger partial charge on any atom is 0.265 e. The standard InChI is InChI=1S/C30H27BrN2O4/c1-21-9-3-7-13-27(21)37-20-29(34)33(19-22-15-17-23(31)18-16-22)26-12-6-4-10-24(26)30(35)32-25-11-5-8-14-28(25)36-2/h3-18H,19-20H2,1-2H3,(H,32,35). The molecule has 0 saturated heterocycles. The lowest BCUT2D eigenvalue weighted by Crippen LogP contribution is -2.36. The van der Waals surface area contributed by atoms with E-state index >= 15 is 0 Å². The SMILES string of the molecule is COc1ccccc1NC(=O)c1ccccc1N(Cc1ccc(Br)cc1)C(=O)COc1ccccc1C. The van der Waals surface area contributed by atoms with Crippen molar-refractivity contribution in [1.82, 2.24) is 0 Å². The maximum atomic E-state index is 13.6. The van der Waals surface area contributed by atoms with Crippen LogP contribution in [0.1, 0.15) is 21.5 Å². The number of ether oxygens (including phenoxy) is 2. The number of methoxy groups -OCH3 is 1. The second kappa shape index (κ2) is 12.2. The first-order valence-electron chi connectivity index (χ1n) is 11.7. The fourth-order valence-electron chi connectivity index (χ4n) is 3.85. The summed E-state index contributed by atoms with van der Waals surface area (Å²) in [6, 6.07) is 29.5. The number of carbonyl (C=O) groups excluding carboxylic acids is 2. The zero-order valence-corrected chi connectivity index (χ0v) is 22.2. The van der Waals surface area contributed by atoms with Crippen LogP contribution in [0, 0.1) is 6.92 Å². The highest BCUT2D eigenvalue weighted by Gasteiger charge is 2.23. The summed E-state index contributed by atoms with van der Waals surface area (Å²) in [7, 11) is 1.55. The van der Waals surface area contributed by atoms with Crippen LogP contribution in [0.2, 0.25) is 0 Å². The van der Waals surface area contributed by atoms with Crippen molar-refractivity contribution < 1.29 is 19.1 Å². The third kappa shape index (κ3) is 6.57. The van der Waals surface area contributed by atoms with E-state index in [0.29, 0.717) is 28.4 Å². The van der Waals surface area contributed by atoms with E-state index in [1.807, 2.05) is 67.6 Å². The van der Waals surface area contributed by atoms with E-state index in [-0.39, 0.29) is 25.0 Å². The molecule has 4 aromatic rings. The number of nitrogens with zero attached hydrogens (tertiary/aromatic N) is 1. The highest BCUT2D eigenvalue weighted by molar-refractivity contribution is 9.10. The van der Waals surface area contributed by atoms with Gasteiger partial charge in [-0.25, -0.2) is 0 Å². The van der Waals surface area contributed by atoms with Crippen LogP contribution < -0.4 is 19.7 Å². The van der Waals surface area contributed by atoms with Crippen LogP contribution in [0.5, 0.6) is 11.5 Å². The van der Waals surface area contributed by atoms with Crippen LogP contribution in [0.25, 0.3) is 0 Å². The van der Waals surface area contributed by atoms with E-state index in [2.05, 4.69) is 21.2 Å². The maximum absolute atomic E-state index is 13.6. The molecule has 4 rings (SSSR count). The molecule has 1 N–H and O–H groups in total. The second-order valence-corrected chi connectivity index (χ2v) is 9.25. The van der Waals surface area contributed by atoms with Crippen molar-refractivity contribution in [2.45, 2.75) is 13.5 Å². The zero-order valence-electron chi connectivity index (χ0n) is 20.6. The largest absolute Gasteiger partial charge is 0.495 e. The number of nitrogens with one attached hydrogen (secondary N) is 1. The van der Waals surface area contributed by atoms with Crippen LogP contribution in [-0.2, 0) is 11.3 Å². The minimum Gasteiger partial charge on any atom is -0.495 e. The molecule has 188 valence electrons. The van der Waals surface area contributed by atoms with Crippen molar-refractivity contribution >= 4 is 39.1 Å². The van der Waals surface area contributed by atoms with Gasteiger partial charge < -0.3 is 19.7 Å². The lowest BCUT2D eigenvalue weighted by Gasteiger charge is -2.25. The van der Waals surface area contributed by atoms with E-state index in [1.54, 1.807) is 48.4 Å². The molecule has 0 saturated carbocycles. The Morgan fingerprint density at radius 1 is 0.838 bits per heavy atom. The zero-order chi connectivity index (χ0) is 26.2. The Bertz CT molecular complexity index is 1390. The van der Waals surface area contributed by atoms with E-state index in [4.69, 9.17) is 9.47 Å². The first-order valence-corrected chi connectivity index (χ1v) is 12.5. The van der Waals surface area contributed by atoms with Crippen molar-refractivity contribution in [1.29, 1.82) is 0 Å². The molecular formula is C30H27BrN2O4. The Morgan fingerprint density at radius 3 is 2.22 bits per heavy atom. The number of hydrogen-bond donors (Lipinski definition) is 1.